The van der Waals surface area contributed by atoms with Crippen molar-refractivity contribution >= 4 is 5.69 Å². The lowest BCUT2D eigenvalue weighted by Gasteiger charge is -2.43. The van der Waals surface area contributed by atoms with Crippen LogP contribution in [0.1, 0.15) is 27.2 Å². The van der Waals surface area contributed by atoms with E-state index < -0.39 is 0 Å². The van der Waals surface area contributed by atoms with Gasteiger partial charge in [0.05, 0.1) is 12.8 Å². The van der Waals surface area contributed by atoms with Crippen LogP contribution in [0.5, 0.6) is 5.75 Å². The number of piperazine rings is 1. The largest absolute Gasteiger partial charge is 0.495 e. The Morgan fingerprint density at radius 1 is 1.37 bits per heavy atom. The highest BCUT2D eigenvalue weighted by atomic mass is 16.5. The van der Waals surface area contributed by atoms with Crippen molar-refractivity contribution in [3.63, 3.8) is 0 Å². The Kier molecular flexibility index (Phi) is 4.70. The van der Waals surface area contributed by atoms with Crippen molar-refractivity contribution < 1.29 is 4.74 Å². The fraction of sp³-hybridized carbons (Fsp3) is 0.625. The minimum Gasteiger partial charge on any atom is -0.495 e. The van der Waals surface area contributed by atoms with Gasteiger partial charge in [-0.25, -0.2) is 0 Å². The molecular weight excluding hydrogens is 236 g/mol. The van der Waals surface area contributed by atoms with E-state index in [1.165, 1.54) is 5.69 Å². The summed E-state index contributed by atoms with van der Waals surface area (Å²) in [6, 6.07) is 9.44. The smallest absolute Gasteiger partial charge is 0.142 e. The van der Waals surface area contributed by atoms with E-state index in [1.54, 1.807) is 7.11 Å². The molecule has 1 aliphatic rings. The van der Waals surface area contributed by atoms with Crippen molar-refractivity contribution in [2.24, 2.45) is 5.92 Å². The fourth-order valence-corrected chi connectivity index (χ4v) is 2.80. The number of benzene rings is 1. The first-order chi connectivity index (χ1) is 9.17. The van der Waals surface area contributed by atoms with E-state index in [1.807, 2.05) is 6.07 Å². The molecule has 19 heavy (non-hydrogen) atoms. The van der Waals surface area contributed by atoms with E-state index in [2.05, 4.69) is 49.2 Å². The predicted molar refractivity (Wildman–Crippen MR) is 81.0 cm³/mol. The van der Waals surface area contributed by atoms with Gasteiger partial charge in [0.25, 0.3) is 0 Å². The summed E-state index contributed by atoms with van der Waals surface area (Å²) in [5.41, 5.74) is 1.23. The first kappa shape index (κ1) is 14.2. The Morgan fingerprint density at radius 2 is 2.11 bits per heavy atom. The molecule has 1 aromatic carbocycles. The Labute approximate surface area is 116 Å². The third-order valence-electron chi connectivity index (χ3n) is 4.12. The molecule has 0 amide bonds. The van der Waals surface area contributed by atoms with Gasteiger partial charge in [-0.15, -0.1) is 0 Å². The van der Waals surface area contributed by atoms with Crippen molar-refractivity contribution in [3.8, 4) is 5.75 Å². The van der Waals surface area contributed by atoms with Crippen LogP contribution in [0.15, 0.2) is 24.3 Å². The maximum atomic E-state index is 5.53. The summed E-state index contributed by atoms with van der Waals surface area (Å²) in [7, 11) is 1.75. The molecule has 0 radical (unpaired) electrons. The molecular formula is C16H26N2O. The normalized spacial score (nSPS) is 23.7. The summed E-state index contributed by atoms with van der Waals surface area (Å²) in [6.07, 6.45) is 1.15. The van der Waals surface area contributed by atoms with Gasteiger partial charge in [-0.3, -0.25) is 0 Å². The first-order valence-electron chi connectivity index (χ1n) is 7.30. The lowest BCUT2D eigenvalue weighted by atomic mass is 9.97. The number of para-hydroxylation sites is 2. The van der Waals surface area contributed by atoms with E-state index in [0.717, 1.165) is 25.3 Å². The third-order valence-corrected chi connectivity index (χ3v) is 4.12. The minimum absolute atomic E-state index is 0.547. The lowest BCUT2D eigenvalue weighted by molar-refractivity contribution is 0.321. The number of nitrogens with one attached hydrogen (secondary N) is 1. The summed E-state index contributed by atoms with van der Waals surface area (Å²) in [5, 5.41) is 3.67. The predicted octanol–water partition coefficient (Wildman–Crippen LogP) is 2.91. The van der Waals surface area contributed by atoms with Crippen LogP contribution in [0.25, 0.3) is 0 Å². The van der Waals surface area contributed by atoms with Crippen LogP contribution < -0.4 is 15.0 Å². The van der Waals surface area contributed by atoms with E-state index in [4.69, 9.17) is 4.74 Å². The molecule has 2 atom stereocenters. The second kappa shape index (κ2) is 6.29. The Balaban J connectivity index is 2.27. The van der Waals surface area contributed by atoms with Gasteiger partial charge in [-0.05, 0) is 24.5 Å². The molecule has 1 N–H and O–H groups in total. The molecule has 3 nitrogen and oxygen atoms in total. The number of hydrogen-bond acceptors (Lipinski definition) is 3. The average Bonchev–Trinajstić information content (AvgIpc) is 2.46. The molecule has 3 heteroatoms. The molecule has 1 aliphatic heterocycles. The van der Waals surface area contributed by atoms with Crippen molar-refractivity contribution in [1.29, 1.82) is 0 Å². The highest BCUT2D eigenvalue weighted by Crippen LogP contribution is 2.31. The number of nitrogens with zero attached hydrogens (tertiary/aromatic N) is 1. The third kappa shape index (κ3) is 3.03. The molecule has 0 bridgehead atoms. The van der Waals surface area contributed by atoms with Gasteiger partial charge in [0.2, 0.25) is 0 Å². The molecule has 106 valence electrons. The van der Waals surface area contributed by atoms with Crippen LogP contribution >= 0.6 is 0 Å². The summed E-state index contributed by atoms with van der Waals surface area (Å²) < 4.78 is 5.53. The topological polar surface area (TPSA) is 24.5 Å². The van der Waals surface area contributed by atoms with Crippen LogP contribution in [0, 0.1) is 5.92 Å². The van der Waals surface area contributed by atoms with Crippen LogP contribution in [0.4, 0.5) is 5.69 Å². The Morgan fingerprint density at radius 3 is 2.74 bits per heavy atom. The molecule has 0 spiro atoms. The zero-order chi connectivity index (χ0) is 13.8. The van der Waals surface area contributed by atoms with Gasteiger partial charge >= 0.3 is 0 Å². The highest BCUT2D eigenvalue weighted by Gasteiger charge is 2.29. The van der Waals surface area contributed by atoms with Gasteiger partial charge in [-0.1, -0.05) is 32.9 Å². The van der Waals surface area contributed by atoms with Crippen LogP contribution in [0.2, 0.25) is 0 Å². The maximum Gasteiger partial charge on any atom is 0.142 e. The second-order valence-electron chi connectivity index (χ2n) is 5.65. The van der Waals surface area contributed by atoms with Crippen LogP contribution in [0.3, 0.4) is 0 Å². The van der Waals surface area contributed by atoms with Crippen molar-refractivity contribution in [2.75, 3.05) is 25.1 Å². The number of ether oxygens (including phenoxy) is 1. The molecule has 0 aromatic heterocycles. The quantitative estimate of drug-likeness (QED) is 0.903. The van der Waals surface area contributed by atoms with Gasteiger partial charge in [0.1, 0.15) is 5.75 Å². The van der Waals surface area contributed by atoms with E-state index in [-0.39, 0.29) is 0 Å². The summed E-state index contributed by atoms with van der Waals surface area (Å²) >= 11 is 0. The van der Waals surface area contributed by atoms with E-state index in [0.29, 0.717) is 18.0 Å². The Hall–Kier alpha value is -1.22. The fourth-order valence-electron chi connectivity index (χ4n) is 2.80. The summed E-state index contributed by atoms with van der Waals surface area (Å²) in [6.45, 7) is 8.92. The Bertz CT molecular complexity index is 405. The summed E-state index contributed by atoms with van der Waals surface area (Å²) in [4.78, 5) is 2.51. The number of methoxy groups -OCH3 is 1. The van der Waals surface area contributed by atoms with Gasteiger partial charge < -0.3 is 15.0 Å². The van der Waals surface area contributed by atoms with Gasteiger partial charge in [0.15, 0.2) is 0 Å². The van der Waals surface area contributed by atoms with Gasteiger partial charge in [-0.2, -0.15) is 0 Å². The number of anilines is 1. The van der Waals surface area contributed by atoms with Crippen LogP contribution in [-0.2, 0) is 0 Å². The number of hydrogen-bond donors (Lipinski definition) is 1. The molecule has 0 aliphatic carbocycles. The molecule has 1 aromatic rings. The van der Waals surface area contributed by atoms with E-state index >= 15 is 0 Å². The first-order valence-corrected chi connectivity index (χ1v) is 7.30. The molecule has 2 rings (SSSR count). The average molecular weight is 262 g/mol. The van der Waals surface area contributed by atoms with Crippen molar-refractivity contribution in [2.45, 2.75) is 39.3 Å². The van der Waals surface area contributed by atoms with Crippen molar-refractivity contribution in [3.05, 3.63) is 24.3 Å². The van der Waals surface area contributed by atoms with E-state index in [9.17, 15) is 0 Å². The SMILES string of the molecule is CCC1CNC(C(C)C)CN1c1ccccc1OC. The standard InChI is InChI=1S/C16H26N2O/c1-5-13-10-17-14(12(2)3)11-18(13)15-8-6-7-9-16(15)19-4/h6-9,12-14,17H,5,10-11H2,1-4H3. The number of rotatable bonds is 4. The van der Waals surface area contributed by atoms with Crippen molar-refractivity contribution in [1.82, 2.24) is 5.32 Å². The zero-order valence-corrected chi connectivity index (χ0v) is 12.5. The molecule has 2 unspecified atom stereocenters. The molecule has 1 heterocycles. The maximum absolute atomic E-state index is 5.53. The zero-order valence-electron chi connectivity index (χ0n) is 12.5. The van der Waals surface area contributed by atoms with Gasteiger partial charge in [0, 0.05) is 25.2 Å². The molecule has 0 saturated carbocycles. The lowest BCUT2D eigenvalue weighted by Crippen LogP contribution is -2.58. The minimum atomic E-state index is 0.547. The second-order valence-corrected chi connectivity index (χ2v) is 5.65. The summed E-state index contributed by atoms with van der Waals surface area (Å²) in [5.74, 6) is 1.63. The van der Waals surface area contributed by atoms with Crippen LogP contribution in [-0.4, -0.2) is 32.3 Å². The molecule has 1 saturated heterocycles. The monoisotopic (exact) mass is 262 g/mol. The highest BCUT2D eigenvalue weighted by molar-refractivity contribution is 5.59. The molecule has 1 fully saturated rings.